The molecule has 0 spiro atoms. The topological polar surface area (TPSA) is 72.9 Å². The van der Waals surface area contributed by atoms with Crippen LogP contribution in [0.3, 0.4) is 0 Å². The second-order valence-electron chi connectivity index (χ2n) is 5.18. The molecule has 2 aromatic rings. The maximum atomic E-state index is 12.2. The van der Waals surface area contributed by atoms with Crippen LogP contribution in [-0.2, 0) is 0 Å². The summed E-state index contributed by atoms with van der Waals surface area (Å²) in [6.45, 7) is 0. The molecule has 1 aliphatic carbocycles. The fourth-order valence-corrected chi connectivity index (χ4v) is 2.68. The molecular formula is C15H18N4O. The molecule has 0 bridgehead atoms. The third-order valence-electron chi connectivity index (χ3n) is 3.76. The Kier molecular flexibility index (Phi) is 3.41. The summed E-state index contributed by atoms with van der Waals surface area (Å²) in [6.07, 6.45) is 6.46. The van der Waals surface area contributed by atoms with Crippen molar-refractivity contribution in [3.05, 3.63) is 42.1 Å². The van der Waals surface area contributed by atoms with Gasteiger partial charge in [0.1, 0.15) is 5.82 Å². The quantitative estimate of drug-likeness (QED) is 0.842. The zero-order valence-electron chi connectivity index (χ0n) is 11.2. The molecule has 1 amide bonds. The van der Waals surface area contributed by atoms with Gasteiger partial charge in [0, 0.05) is 17.3 Å². The summed E-state index contributed by atoms with van der Waals surface area (Å²) in [6, 6.07) is 9.15. The van der Waals surface area contributed by atoms with Crippen LogP contribution in [0.5, 0.6) is 0 Å². The minimum absolute atomic E-state index is 0.134. The molecule has 1 heterocycles. The lowest BCUT2D eigenvalue weighted by molar-refractivity contribution is 0.102. The van der Waals surface area contributed by atoms with Gasteiger partial charge in [0.05, 0.1) is 12.2 Å². The molecule has 1 fully saturated rings. The van der Waals surface area contributed by atoms with Gasteiger partial charge in [0.15, 0.2) is 0 Å². The Morgan fingerprint density at radius 1 is 1.20 bits per heavy atom. The van der Waals surface area contributed by atoms with Crippen LogP contribution in [0.4, 0.5) is 11.5 Å². The number of amides is 1. The molecule has 1 aromatic carbocycles. The highest BCUT2D eigenvalue weighted by Gasteiger charge is 2.20. The molecule has 1 aromatic heterocycles. The highest BCUT2D eigenvalue weighted by molar-refractivity contribution is 6.03. The Morgan fingerprint density at radius 3 is 2.60 bits per heavy atom. The summed E-state index contributed by atoms with van der Waals surface area (Å²) in [7, 11) is 0. The lowest BCUT2D eigenvalue weighted by atomic mass is 10.2. The number of carbonyl (C=O) groups excluding carboxylic acids is 1. The first kappa shape index (κ1) is 12.7. The summed E-state index contributed by atoms with van der Waals surface area (Å²) in [5.41, 5.74) is 6.87. The predicted octanol–water partition coefficient (Wildman–Crippen LogP) is 2.83. The second kappa shape index (κ2) is 5.36. The van der Waals surface area contributed by atoms with E-state index in [1.165, 1.54) is 12.8 Å². The van der Waals surface area contributed by atoms with Crippen LogP contribution >= 0.6 is 0 Å². The zero-order valence-corrected chi connectivity index (χ0v) is 11.2. The van der Waals surface area contributed by atoms with Gasteiger partial charge in [-0.25, -0.2) is 4.68 Å². The summed E-state index contributed by atoms with van der Waals surface area (Å²) < 4.78 is 1.93. The summed E-state index contributed by atoms with van der Waals surface area (Å²) in [5, 5.41) is 7.26. The Labute approximate surface area is 117 Å². The van der Waals surface area contributed by atoms with E-state index in [-0.39, 0.29) is 5.91 Å². The van der Waals surface area contributed by atoms with E-state index < -0.39 is 0 Å². The molecule has 20 heavy (non-hydrogen) atoms. The van der Waals surface area contributed by atoms with E-state index in [4.69, 9.17) is 5.73 Å². The molecule has 104 valence electrons. The van der Waals surface area contributed by atoms with Crippen molar-refractivity contribution < 1.29 is 4.79 Å². The smallest absolute Gasteiger partial charge is 0.256 e. The van der Waals surface area contributed by atoms with Crippen molar-refractivity contribution in [3.63, 3.8) is 0 Å². The van der Waals surface area contributed by atoms with E-state index in [1.807, 2.05) is 10.7 Å². The van der Waals surface area contributed by atoms with Crippen molar-refractivity contribution in [1.29, 1.82) is 0 Å². The first-order chi connectivity index (χ1) is 9.74. The van der Waals surface area contributed by atoms with E-state index in [0.29, 0.717) is 17.3 Å². The molecule has 3 rings (SSSR count). The first-order valence-corrected chi connectivity index (χ1v) is 6.94. The van der Waals surface area contributed by atoms with Crippen molar-refractivity contribution in [1.82, 2.24) is 9.78 Å². The SMILES string of the molecule is Nc1ccc(C(=O)Nc2ccnn2C2CCCC2)cc1. The van der Waals surface area contributed by atoms with Gasteiger partial charge in [0.2, 0.25) is 0 Å². The van der Waals surface area contributed by atoms with E-state index >= 15 is 0 Å². The molecule has 5 heteroatoms. The molecule has 1 aliphatic rings. The average Bonchev–Trinajstić information content (AvgIpc) is 3.09. The largest absolute Gasteiger partial charge is 0.399 e. The molecule has 0 radical (unpaired) electrons. The van der Waals surface area contributed by atoms with Crippen LogP contribution in [0.15, 0.2) is 36.5 Å². The van der Waals surface area contributed by atoms with Crippen LogP contribution < -0.4 is 11.1 Å². The lowest BCUT2D eigenvalue weighted by Gasteiger charge is -2.14. The number of nitrogens with two attached hydrogens (primary N) is 1. The van der Waals surface area contributed by atoms with Crippen LogP contribution in [0.2, 0.25) is 0 Å². The highest BCUT2D eigenvalue weighted by atomic mass is 16.1. The summed E-state index contributed by atoms with van der Waals surface area (Å²) in [4.78, 5) is 12.2. The fraction of sp³-hybridized carbons (Fsp3) is 0.333. The number of aromatic nitrogens is 2. The normalized spacial score (nSPS) is 15.4. The van der Waals surface area contributed by atoms with Crippen molar-refractivity contribution in [2.75, 3.05) is 11.1 Å². The maximum absolute atomic E-state index is 12.2. The average molecular weight is 270 g/mol. The van der Waals surface area contributed by atoms with Crippen molar-refractivity contribution in [2.45, 2.75) is 31.7 Å². The van der Waals surface area contributed by atoms with Gasteiger partial charge in [-0.05, 0) is 37.1 Å². The first-order valence-electron chi connectivity index (χ1n) is 6.94. The van der Waals surface area contributed by atoms with E-state index in [0.717, 1.165) is 18.7 Å². The number of anilines is 2. The molecule has 3 N–H and O–H groups in total. The number of carbonyl (C=O) groups is 1. The Morgan fingerprint density at radius 2 is 1.90 bits per heavy atom. The van der Waals surface area contributed by atoms with Gasteiger partial charge in [0.25, 0.3) is 5.91 Å². The monoisotopic (exact) mass is 270 g/mol. The van der Waals surface area contributed by atoms with E-state index in [9.17, 15) is 4.79 Å². The van der Waals surface area contributed by atoms with Crippen LogP contribution in [-0.4, -0.2) is 15.7 Å². The van der Waals surface area contributed by atoms with Gasteiger partial charge in [-0.1, -0.05) is 12.8 Å². The molecule has 5 nitrogen and oxygen atoms in total. The van der Waals surface area contributed by atoms with Gasteiger partial charge >= 0.3 is 0 Å². The van der Waals surface area contributed by atoms with Crippen LogP contribution in [0.25, 0.3) is 0 Å². The third kappa shape index (κ3) is 2.52. The summed E-state index contributed by atoms with van der Waals surface area (Å²) >= 11 is 0. The van der Waals surface area contributed by atoms with Gasteiger partial charge in [-0.3, -0.25) is 4.79 Å². The van der Waals surface area contributed by atoms with Gasteiger partial charge in [-0.15, -0.1) is 0 Å². The zero-order chi connectivity index (χ0) is 13.9. The van der Waals surface area contributed by atoms with Gasteiger partial charge < -0.3 is 11.1 Å². The van der Waals surface area contributed by atoms with Crippen molar-refractivity contribution >= 4 is 17.4 Å². The number of hydrogen-bond donors (Lipinski definition) is 2. The minimum atomic E-state index is -0.134. The number of hydrogen-bond acceptors (Lipinski definition) is 3. The predicted molar refractivity (Wildman–Crippen MR) is 78.5 cm³/mol. The van der Waals surface area contributed by atoms with E-state index in [1.54, 1.807) is 30.5 Å². The second-order valence-corrected chi connectivity index (χ2v) is 5.18. The number of nitrogen functional groups attached to an aromatic ring is 1. The Hall–Kier alpha value is -2.30. The van der Waals surface area contributed by atoms with Crippen molar-refractivity contribution in [3.8, 4) is 0 Å². The minimum Gasteiger partial charge on any atom is -0.399 e. The maximum Gasteiger partial charge on any atom is 0.256 e. The Balaban J connectivity index is 1.76. The fourth-order valence-electron chi connectivity index (χ4n) is 2.68. The van der Waals surface area contributed by atoms with Crippen LogP contribution in [0.1, 0.15) is 42.1 Å². The lowest BCUT2D eigenvalue weighted by Crippen LogP contribution is -2.17. The molecular weight excluding hydrogens is 252 g/mol. The van der Waals surface area contributed by atoms with E-state index in [2.05, 4.69) is 10.4 Å². The number of nitrogens with zero attached hydrogens (tertiary/aromatic N) is 2. The summed E-state index contributed by atoms with van der Waals surface area (Å²) in [5.74, 6) is 0.628. The molecule has 1 saturated carbocycles. The molecule has 0 aliphatic heterocycles. The Bertz CT molecular complexity index is 597. The molecule has 0 unspecified atom stereocenters. The highest BCUT2D eigenvalue weighted by Crippen LogP contribution is 2.31. The number of nitrogens with one attached hydrogen (secondary N) is 1. The van der Waals surface area contributed by atoms with Crippen molar-refractivity contribution in [2.24, 2.45) is 0 Å². The molecule has 0 atom stereocenters. The molecule has 0 saturated heterocycles. The standard InChI is InChI=1S/C15H18N4O/c16-12-7-5-11(6-8-12)15(20)18-14-9-10-17-19(14)13-3-1-2-4-13/h5-10,13H,1-4,16H2,(H,18,20). The number of rotatable bonds is 3. The third-order valence-corrected chi connectivity index (χ3v) is 3.76. The number of benzene rings is 1. The van der Waals surface area contributed by atoms with Crippen LogP contribution in [0, 0.1) is 0 Å². The van der Waals surface area contributed by atoms with Gasteiger partial charge in [-0.2, -0.15) is 5.10 Å².